The fourth-order valence-electron chi connectivity index (χ4n) is 4.20. The van der Waals surface area contributed by atoms with Crippen molar-refractivity contribution < 1.29 is 24.2 Å². The second-order valence-corrected chi connectivity index (χ2v) is 9.45. The van der Waals surface area contributed by atoms with Gasteiger partial charge in [-0.3, -0.25) is 9.59 Å². The second kappa shape index (κ2) is 11.1. The number of amides is 2. The van der Waals surface area contributed by atoms with Crippen LogP contribution in [-0.4, -0.2) is 40.7 Å². The fraction of sp³-hybridized carbons (Fsp3) is 0.308. The first-order valence-electron chi connectivity index (χ1n) is 11.5. The minimum Gasteiger partial charge on any atom is -0.481 e. The Bertz CT molecular complexity index is 1180. The molecule has 1 atom stereocenters. The van der Waals surface area contributed by atoms with Crippen molar-refractivity contribution in [1.29, 1.82) is 0 Å². The quantitative estimate of drug-likeness (QED) is 0.392. The predicted octanol–water partition coefficient (Wildman–Crippen LogP) is 4.09. The normalized spacial score (nSPS) is 12.9. The number of nitrogens with zero attached hydrogens (tertiary/aromatic N) is 1. The molecular formula is C26H27N3O5S. The zero-order valence-corrected chi connectivity index (χ0v) is 20.1. The van der Waals surface area contributed by atoms with E-state index >= 15 is 0 Å². The van der Waals surface area contributed by atoms with E-state index in [0.29, 0.717) is 0 Å². The summed E-state index contributed by atoms with van der Waals surface area (Å²) in [6.07, 6.45) is 1.54. The van der Waals surface area contributed by atoms with Crippen LogP contribution < -0.4 is 10.6 Å². The van der Waals surface area contributed by atoms with E-state index in [2.05, 4.69) is 15.6 Å². The van der Waals surface area contributed by atoms with Gasteiger partial charge in [-0.25, -0.2) is 9.78 Å². The number of carboxylic acids is 1. The first-order chi connectivity index (χ1) is 17.0. The van der Waals surface area contributed by atoms with E-state index in [4.69, 9.17) is 9.84 Å². The number of ether oxygens (including phenoxy) is 1. The van der Waals surface area contributed by atoms with E-state index < -0.39 is 24.0 Å². The molecule has 0 fully saturated rings. The smallest absolute Gasteiger partial charge is 0.407 e. The monoisotopic (exact) mass is 493 g/mol. The molecule has 4 rings (SSSR count). The first-order valence-corrected chi connectivity index (χ1v) is 12.3. The molecule has 1 aliphatic carbocycles. The van der Waals surface area contributed by atoms with E-state index in [1.54, 1.807) is 6.20 Å². The number of nitrogens with one attached hydrogen (secondary N) is 2. The molecule has 35 heavy (non-hydrogen) atoms. The largest absolute Gasteiger partial charge is 0.481 e. The Morgan fingerprint density at radius 1 is 1.09 bits per heavy atom. The number of aryl methyl sites for hydroxylation is 1. The Morgan fingerprint density at radius 2 is 1.74 bits per heavy atom. The van der Waals surface area contributed by atoms with Crippen LogP contribution in [0.3, 0.4) is 0 Å². The van der Waals surface area contributed by atoms with Gasteiger partial charge in [0.25, 0.3) is 0 Å². The molecule has 3 aromatic rings. The molecule has 1 aromatic heterocycles. The lowest BCUT2D eigenvalue weighted by atomic mass is 9.98. The van der Waals surface area contributed by atoms with Crippen LogP contribution >= 0.6 is 11.3 Å². The van der Waals surface area contributed by atoms with Gasteiger partial charge in [-0.1, -0.05) is 55.5 Å². The van der Waals surface area contributed by atoms with Crippen molar-refractivity contribution >= 4 is 29.3 Å². The number of rotatable bonds is 10. The Morgan fingerprint density at radius 3 is 2.34 bits per heavy atom. The summed E-state index contributed by atoms with van der Waals surface area (Å²) >= 11 is 1.50. The van der Waals surface area contributed by atoms with Crippen molar-refractivity contribution in [2.75, 3.05) is 6.61 Å². The summed E-state index contributed by atoms with van der Waals surface area (Å²) in [5, 5.41) is 15.1. The highest BCUT2D eigenvalue weighted by Crippen LogP contribution is 2.44. The van der Waals surface area contributed by atoms with Crippen LogP contribution in [0.5, 0.6) is 0 Å². The van der Waals surface area contributed by atoms with Crippen molar-refractivity contribution in [3.8, 4) is 11.1 Å². The Labute approximate surface area is 207 Å². The van der Waals surface area contributed by atoms with Gasteiger partial charge in [-0.15, -0.1) is 11.3 Å². The molecule has 1 unspecified atom stereocenters. The van der Waals surface area contributed by atoms with Crippen LogP contribution in [-0.2, 0) is 27.3 Å². The molecule has 2 amide bonds. The zero-order valence-electron chi connectivity index (χ0n) is 19.3. The maximum Gasteiger partial charge on any atom is 0.407 e. The van der Waals surface area contributed by atoms with E-state index in [0.717, 1.165) is 38.6 Å². The third-order valence-corrected chi connectivity index (χ3v) is 7.10. The molecule has 0 radical (unpaired) electrons. The van der Waals surface area contributed by atoms with Crippen LogP contribution in [0.25, 0.3) is 11.1 Å². The van der Waals surface area contributed by atoms with Crippen LogP contribution in [0.15, 0.2) is 54.7 Å². The molecule has 2 aromatic carbocycles. The van der Waals surface area contributed by atoms with Gasteiger partial charge in [0.2, 0.25) is 5.91 Å². The van der Waals surface area contributed by atoms with Gasteiger partial charge < -0.3 is 20.5 Å². The average Bonchev–Trinajstić information content (AvgIpc) is 3.46. The summed E-state index contributed by atoms with van der Waals surface area (Å²) in [6, 6.07) is 15.0. The SMILES string of the molecule is CCc1cnc(CNC(=O)C(CCC(=O)O)NC(=O)OCC2c3ccccc3-c3ccccc32)s1. The fourth-order valence-corrected chi connectivity index (χ4v) is 5.00. The molecule has 9 heteroatoms. The molecule has 0 spiro atoms. The highest BCUT2D eigenvalue weighted by Gasteiger charge is 2.30. The van der Waals surface area contributed by atoms with Gasteiger partial charge in [-0.05, 0) is 35.1 Å². The third kappa shape index (κ3) is 5.86. The number of aromatic nitrogens is 1. The van der Waals surface area contributed by atoms with Gasteiger partial charge >= 0.3 is 12.1 Å². The lowest BCUT2D eigenvalue weighted by molar-refractivity contribution is -0.137. The lowest BCUT2D eigenvalue weighted by Crippen LogP contribution is -2.47. The van der Waals surface area contributed by atoms with E-state index in [1.807, 2.05) is 55.5 Å². The predicted molar refractivity (Wildman–Crippen MR) is 132 cm³/mol. The topological polar surface area (TPSA) is 118 Å². The summed E-state index contributed by atoms with van der Waals surface area (Å²) in [5.41, 5.74) is 4.39. The number of thiazole rings is 1. The van der Waals surface area contributed by atoms with Crippen molar-refractivity contribution in [1.82, 2.24) is 15.6 Å². The molecule has 3 N–H and O–H groups in total. The number of benzene rings is 2. The van der Waals surface area contributed by atoms with Crippen LogP contribution in [0.2, 0.25) is 0 Å². The number of carbonyl (C=O) groups excluding carboxylic acids is 2. The second-order valence-electron chi connectivity index (χ2n) is 8.25. The minimum atomic E-state index is -1.05. The third-order valence-electron chi connectivity index (χ3n) is 5.96. The molecule has 8 nitrogen and oxygen atoms in total. The number of carbonyl (C=O) groups is 3. The molecule has 1 heterocycles. The van der Waals surface area contributed by atoms with Crippen molar-refractivity contribution in [3.63, 3.8) is 0 Å². The summed E-state index contributed by atoms with van der Waals surface area (Å²) in [5.74, 6) is -1.64. The Kier molecular flexibility index (Phi) is 7.77. The first kappa shape index (κ1) is 24.4. The molecule has 0 bridgehead atoms. The van der Waals surface area contributed by atoms with Gasteiger partial charge in [0.05, 0.1) is 6.54 Å². The van der Waals surface area contributed by atoms with E-state index in [9.17, 15) is 14.4 Å². The van der Waals surface area contributed by atoms with Gasteiger partial charge in [0, 0.05) is 23.4 Å². The highest BCUT2D eigenvalue weighted by atomic mass is 32.1. The number of carboxylic acid groups (broad SMARTS) is 1. The van der Waals surface area contributed by atoms with E-state index in [1.165, 1.54) is 11.3 Å². The van der Waals surface area contributed by atoms with Gasteiger partial charge in [0.1, 0.15) is 17.7 Å². The summed E-state index contributed by atoms with van der Waals surface area (Å²) in [7, 11) is 0. The molecule has 0 saturated heterocycles. The number of hydrogen-bond donors (Lipinski definition) is 3. The maximum atomic E-state index is 12.7. The number of aliphatic carboxylic acids is 1. The standard InChI is InChI=1S/C26H27N3O5S/c1-2-16-13-27-23(35-16)14-28-25(32)22(11-12-24(30)31)29-26(33)34-15-21-19-9-5-3-7-17(19)18-8-4-6-10-20(18)21/h3-10,13,21-22H,2,11-12,14-15H2,1H3,(H,28,32)(H,29,33)(H,30,31). The summed E-state index contributed by atoms with van der Waals surface area (Å²) in [4.78, 5) is 41.8. The van der Waals surface area contributed by atoms with Crippen LogP contribution in [0.4, 0.5) is 4.79 Å². The number of hydrogen-bond acceptors (Lipinski definition) is 6. The molecule has 1 aliphatic rings. The highest BCUT2D eigenvalue weighted by molar-refractivity contribution is 7.11. The molecule has 182 valence electrons. The maximum absolute atomic E-state index is 12.7. The molecular weight excluding hydrogens is 466 g/mol. The average molecular weight is 494 g/mol. The minimum absolute atomic E-state index is 0.0521. The van der Waals surface area contributed by atoms with Gasteiger partial charge in [0.15, 0.2) is 0 Å². The van der Waals surface area contributed by atoms with Crippen molar-refractivity contribution in [2.24, 2.45) is 0 Å². The van der Waals surface area contributed by atoms with Crippen LogP contribution in [0.1, 0.15) is 46.7 Å². The number of fused-ring (bicyclic) bond motifs is 3. The Hall–Kier alpha value is -3.72. The van der Waals surface area contributed by atoms with E-state index in [-0.39, 0.29) is 31.9 Å². The van der Waals surface area contributed by atoms with Crippen molar-refractivity contribution in [2.45, 2.75) is 44.7 Å². The van der Waals surface area contributed by atoms with Crippen LogP contribution in [0, 0.1) is 0 Å². The molecule has 0 saturated carbocycles. The summed E-state index contributed by atoms with van der Waals surface area (Å²) < 4.78 is 5.52. The summed E-state index contributed by atoms with van der Waals surface area (Å²) in [6.45, 7) is 2.33. The zero-order chi connectivity index (χ0) is 24.8. The lowest BCUT2D eigenvalue weighted by Gasteiger charge is -2.19. The molecule has 0 aliphatic heterocycles. The van der Waals surface area contributed by atoms with Crippen molar-refractivity contribution in [3.05, 3.63) is 75.7 Å². The van der Waals surface area contributed by atoms with Gasteiger partial charge in [-0.2, -0.15) is 0 Å². The Balaban J connectivity index is 1.38. The number of alkyl carbamates (subject to hydrolysis) is 1.